The average molecular weight is 334 g/mol. The van der Waals surface area contributed by atoms with Gasteiger partial charge >= 0.3 is 12.0 Å². The first-order valence-corrected chi connectivity index (χ1v) is 8.07. The molecule has 2 rings (SSSR count). The molecule has 1 aliphatic rings. The van der Waals surface area contributed by atoms with Gasteiger partial charge in [-0.1, -0.05) is 31.4 Å². The van der Waals surface area contributed by atoms with Gasteiger partial charge in [-0.25, -0.2) is 9.59 Å². The third kappa shape index (κ3) is 4.97. The monoisotopic (exact) mass is 334 g/mol. The highest BCUT2D eigenvalue weighted by Crippen LogP contribution is 2.18. The van der Waals surface area contributed by atoms with E-state index in [1.54, 1.807) is 12.1 Å². The maximum absolute atomic E-state index is 11.9. The number of rotatable bonds is 4. The van der Waals surface area contributed by atoms with Crippen LogP contribution in [-0.4, -0.2) is 35.2 Å². The van der Waals surface area contributed by atoms with E-state index in [2.05, 4.69) is 10.6 Å². The van der Waals surface area contributed by atoms with Gasteiger partial charge in [-0.05, 0) is 31.9 Å². The van der Waals surface area contributed by atoms with Gasteiger partial charge in [-0.2, -0.15) is 0 Å². The Kier molecular flexibility index (Phi) is 6.17. The van der Waals surface area contributed by atoms with E-state index in [-0.39, 0.29) is 17.4 Å². The Morgan fingerprint density at radius 1 is 1.17 bits per heavy atom. The molecule has 0 unspecified atom stereocenters. The number of carbonyl (C=O) groups excluding carboxylic acids is 3. The molecule has 1 saturated carbocycles. The van der Waals surface area contributed by atoms with Crippen molar-refractivity contribution >= 4 is 17.9 Å². The summed E-state index contributed by atoms with van der Waals surface area (Å²) >= 11 is 0. The first kappa shape index (κ1) is 17.8. The third-order valence-electron chi connectivity index (χ3n) is 3.95. The molecule has 3 N–H and O–H groups in total. The van der Waals surface area contributed by atoms with Gasteiger partial charge in [0.05, 0.1) is 0 Å². The molecular weight excluding hydrogens is 312 g/mol. The molecule has 0 heterocycles. The molecule has 24 heavy (non-hydrogen) atoms. The Bertz CT molecular complexity index is 611. The van der Waals surface area contributed by atoms with Crippen molar-refractivity contribution in [3.8, 4) is 5.75 Å². The Hall–Kier alpha value is -2.57. The van der Waals surface area contributed by atoms with Crippen molar-refractivity contribution in [3.63, 3.8) is 0 Å². The number of imide groups is 1. The molecular formula is C17H22N2O5. The number of para-hydroxylation sites is 1. The highest BCUT2D eigenvalue weighted by molar-refractivity contribution is 5.99. The zero-order chi connectivity index (χ0) is 17.5. The summed E-state index contributed by atoms with van der Waals surface area (Å²) in [6.45, 7) is 1.36. The van der Waals surface area contributed by atoms with E-state index in [0.29, 0.717) is 0 Å². The quantitative estimate of drug-likeness (QED) is 0.731. The fourth-order valence-electron chi connectivity index (χ4n) is 2.61. The fraction of sp³-hybridized carbons (Fsp3) is 0.471. The number of ether oxygens (including phenoxy) is 1. The molecule has 130 valence electrons. The lowest BCUT2D eigenvalue weighted by Gasteiger charge is -2.23. The van der Waals surface area contributed by atoms with Crippen molar-refractivity contribution in [2.24, 2.45) is 0 Å². The Labute approximate surface area is 140 Å². The van der Waals surface area contributed by atoms with Crippen molar-refractivity contribution in [1.82, 2.24) is 10.6 Å². The standard InChI is InChI=1S/C17H22N2O5/c1-11(24-16(22)13-9-5-6-10-14(13)20)15(21)19-17(23)18-12-7-3-2-4-8-12/h5-6,9-12,20H,2-4,7-8H2,1H3,(H2,18,19,21,23)/t11-/m1/s1. The number of benzene rings is 1. The van der Waals surface area contributed by atoms with Crippen molar-refractivity contribution in [3.05, 3.63) is 29.8 Å². The average Bonchev–Trinajstić information content (AvgIpc) is 2.55. The van der Waals surface area contributed by atoms with E-state index in [9.17, 15) is 19.5 Å². The number of nitrogens with one attached hydrogen (secondary N) is 2. The largest absolute Gasteiger partial charge is 0.507 e. The molecule has 0 bridgehead atoms. The van der Waals surface area contributed by atoms with Crippen molar-refractivity contribution in [2.45, 2.75) is 51.2 Å². The van der Waals surface area contributed by atoms with Gasteiger partial charge < -0.3 is 15.2 Å². The number of phenolic OH excluding ortho intramolecular Hbond substituents is 1. The van der Waals surface area contributed by atoms with E-state index < -0.39 is 24.0 Å². The number of esters is 1. The highest BCUT2D eigenvalue weighted by Gasteiger charge is 2.23. The topological polar surface area (TPSA) is 105 Å². The van der Waals surface area contributed by atoms with Crippen LogP contribution in [0.2, 0.25) is 0 Å². The van der Waals surface area contributed by atoms with Crippen LogP contribution in [0.3, 0.4) is 0 Å². The molecule has 0 aromatic heterocycles. The summed E-state index contributed by atoms with van der Waals surface area (Å²) in [5, 5.41) is 14.5. The zero-order valence-electron chi connectivity index (χ0n) is 13.6. The van der Waals surface area contributed by atoms with E-state index >= 15 is 0 Å². The second-order valence-corrected chi connectivity index (χ2v) is 5.86. The normalized spacial score (nSPS) is 16.0. The second kappa shape index (κ2) is 8.33. The van der Waals surface area contributed by atoms with Crippen LogP contribution in [0.4, 0.5) is 4.79 Å². The maximum atomic E-state index is 11.9. The van der Waals surface area contributed by atoms with E-state index in [1.807, 2.05) is 0 Å². The van der Waals surface area contributed by atoms with Gasteiger partial charge in [-0.3, -0.25) is 10.1 Å². The lowest BCUT2D eigenvalue weighted by Crippen LogP contribution is -2.48. The van der Waals surface area contributed by atoms with Gasteiger partial charge in [-0.15, -0.1) is 0 Å². The van der Waals surface area contributed by atoms with Crippen LogP contribution in [-0.2, 0) is 9.53 Å². The molecule has 0 aliphatic heterocycles. The van der Waals surface area contributed by atoms with Crippen LogP contribution >= 0.6 is 0 Å². The van der Waals surface area contributed by atoms with Crippen LogP contribution < -0.4 is 10.6 Å². The van der Waals surface area contributed by atoms with Crippen molar-refractivity contribution in [2.75, 3.05) is 0 Å². The summed E-state index contributed by atoms with van der Waals surface area (Å²) in [4.78, 5) is 35.7. The minimum Gasteiger partial charge on any atom is -0.507 e. The summed E-state index contributed by atoms with van der Waals surface area (Å²) in [6, 6.07) is 5.36. The van der Waals surface area contributed by atoms with E-state index in [1.165, 1.54) is 19.1 Å². The van der Waals surface area contributed by atoms with E-state index in [0.717, 1.165) is 32.1 Å². The van der Waals surface area contributed by atoms with Crippen LogP contribution in [0.1, 0.15) is 49.4 Å². The molecule has 0 saturated heterocycles. The minimum absolute atomic E-state index is 0.0381. The SMILES string of the molecule is C[C@@H](OC(=O)c1ccccc1O)C(=O)NC(=O)NC1CCCCC1. The van der Waals surface area contributed by atoms with Crippen molar-refractivity contribution < 1.29 is 24.2 Å². The van der Waals surface area contributed by atoms with E-state index in [4.69, 9.17) is 4.74 Å². The molecule has 7 nitrogen and oxygen atoms in total. The summed E-state index contributed by atoms with van der Waals surface area (Å²) in [6.07, 6.45) is 3.94. The van der Waals surface area contributed by atoms with Crippen molar-refractivity contribution in [1.29, 1.82) is 0 Å². The minimum atomic E-state index is -1.16. The first-order valence-electron chi connectivity index (χ1n) is 8.07. The lowest BCUT2D eigenvalue weighted by atomic mass is 9.96. The van der Waals surface area contributed by atoms with Gasteiger partial charge in [0.2, 0.25) is 0 Å². The number of hydrogen-bond donors (Lipinski definition) is 3. The van der Waals surface area contributed by atoms with Gasteiger partial charge in [0, 0.05) is 6.04 Å². The zero-order valence-corrected chi connectivity index (χ0v) is 13.6. The maximum Gasteiger partial charge on any atom is 0.342 e. The fourth-order valence-corrected chi connectivity index (χ4v) is 2.61. The smallest absolute Gasteiger partial charge is 0.342 e. The van der Waals surface area contributed by atoms with Crippen LogP contribution in [0.15, 0.2) is 24.3 Å². The molecule has 0 spiro atoms. The molecule has 1 atom stereocenters. The van der Waals surface area contributed by atoms with Crippen LogP contribution in [0, 0.1) is 0 Å². The summed E-state index contributed by atoms with van der Waals surface area (Å²) in [7, 11) is 0. The first-order chi connectivity index (χ1) is 11.5. The number of carbonyl (C=O) groups is 3. The molecule has 3 amide bonds. The number of hydrogen-bond acceptors (Lipinski definition) is 5. The Balaban J connectivity index is 1.82. The molecule has 0 radical (unpaired) electrons. The van der Waals surface area contributed by atoms with Crippen LogP contribution in [0.25, 0.3) is 0 Å². The number of urea groups is 1. The summed E-state index contributed by atoms with van der Waals surface area (Å²) in [5.41, 5.74) is -0.0381. The van der Waals surface area contributed by atoms with Crippen LogP contribution in [0.5, 0.6) is 5.75 Å². The number of phenols is 1. The predicted molar refractivity (Wildman–Crippen MR) is 86.5 cm³/mol. The Morgan fingerprint density at radius 2 is 1.83 bits per heavy atom. The predicted octanol–water partition coefficient (Wildman–Crippen LogP) is 2.10. The lowest BCUT2D eigenvalue weighted by molar-refractivity contribution is -0.127. The third-order valence-corrected chi connectivity index (χ3v) is 3.95. The van der Waals surface area contributed by atoms with Gasteiger partial charge in [0.25, 0.3) is 5.91 Å². The summed E-state index contributed by atoms with van der Waals surface area (Å²) in [5.74, 6) is -1.78. The van der Waals surface area contributed by atoms with Gasteiger partial charge in [0.15, 0.2) is 6.10 Å². The highest BCUT2D eigenvalue weighted by atomic mass is 16.5. The number of amides is 3. The molecule has 1 fully saturated rings. The second-order valence-electron chi connectivity index (χ2n) is 5.86. The van der Waals surface area contributed by atoms with Gasteiger partial charge in [0.1, 0.15) is 11.3 Å². The Morgan fingerprint density at radius 3 is 2.50 bits per heavy atom. The summed E-state index contributed by atoms with van der Waals surface area (Å²) < 4.78 is 4.98. The molecule has 1 aromatic carbocycles. The molecule has 1 aromatic rings. The number of aromatic hydroxyl groups is 1. The molecule has 1 aliphatic carbocycles. The molecule has 7 heteroatoms.